The van der Waals surface area contributed by atoms with Gasteiger partial charge in [0.15, 0.2) is 0 Å². The average Bonchev–Trinajstić information content (AvgIpc) is 2.28. The normalized spacial score (nSPS) is 13.1. The summed E-state index contributed by atoms with van der Waals surface area (Å²) in [6, 6.07) is 0. The van der Waals surface area contributed by atoms with Crippen molar-refractivity contribution in [2.24, 2.45) is 5.41 Å². The van der Waals surface area contributed by atoms with E-state index in [1.165, 1.54) is 0 Å². The summed E-state index contributed by atoms with van der Waals surface area (Å²) in [6.07, 6.45) is 8.59. The molecule has 0 aliphatic carbocycles. The van der Waals surface area contributed by atoms with E-state index < -0.39 is 9.28 Å². The highest BCUT2D eigenvalue weighted by Gasteiger charge is 2.27. The minimum atomic E-state index is -1.48. The summed E-state index contributed by atoms with van der Waals surface area (Å²) in [4.78, 5) is 0. The Hall–Kier alpha value is -0.643. The minimum absolute atomic E-state index is 0.0591. The molecule has 0 aromatic heterocycles. The molecule has 0 amide bonds. The highest BCUT2D eigenvalue weighted by Crippen LogP contribution is 2.33. The molecule has 0 aliphatic heterocycles. The summed E-state index contributed by atoms with van der Waals surface area (Å²) in [5.74, 6) is 0. The van der Waals surface area contributed by atoms with Crippen molar-refractivity contribution in [2.45, 2.75) is 32.7 Å². The standard InChI is InChI=1S/C14H26O2Si/c1-6-10-14(11-7-2,12-8-3)13-16-17(5)15-9-4/h6-8,17H,1-3,9-13H2,4-5H3. The molecule has 0 heterocycles. The van der Waals surface area contributed by atoms with Gasteiger partial charge < -0.3 is 8.85 Å². The Labute approximate surface area is 108 Å². The maximum atomic E-state index is 5.88. The van der Waals surface area contributed by atoms with Crippen molar-refractivity contribution in [1.82, 2.24) is 0 Å². The SMILES string of the molecule is C=CCC(CC=C)(CC=C)CO[SiH](C)OCC. The molecule has 0 rings (SSSR count). The van der Waals surface area contributed by atoms with E-state index in [2.05, 4.69) is 26.3 Å². The van der Waals surface area contributed by atoms with Crippen molar-refractivity contribution < 1.29 is 8.85 Å². The molecule has 0 aromatic carbocycles. The summed E-state index contributed by atoms with van der Waals surface area (Å²) >= 11 is 0. The first-order chi connectivity index (χ1) is 8.14. The van der Waals surface area contributed by atoms with Crippen LogP contribution in [0, 0.1) is 5.41 Å². The maximum Gasteiger partial charge on any atom is 0.318 e. The smallest absolute Gasteiger partial charge is 0.318 e. The minimum Gasteiger partial charge on any atom is -0.397 e. The van der Waals surface area contributed by atoms with Crippen molar-refractivity contribution in [3.8, 4) is 0 Å². The topological polar surface area (TPSA) is 18.5 Å². The first-order valence-corrected chi connectivity index (χ1v) is 8.29. The molecule has 0 fully saturated rings. The zero-order valence-corrected chi connectivity index (χ0v) is 12.4. The fourth-order valence-electron chi connectivity index (χ4n) is 1.92. The van der Waals surface area contributed by atoms with Crippen molar-refractivity contribution in [3.63, 3.8) is 0 Å². The lowest BCUT2D eigenvalue weighted by Crippen LogP contribution is -2.30. The van der Waals surface area contributed by atoms with E-state index in [-0.39, 0.29) is 5.41 Å². The average molecular weight is 254 g/mol. The molecule has 0 aromatic rings. The van der Waals surface area contributed by atoms with Gasteiger partial charge in [-0.05, 0) is 32.7 Å². The Bertz CT molecular complexity index is 212. The second-order valence-corrected chi connectivity index (χ2v) is 6.11. The van der Waals surface area contributed by atoms with Crippen LogP contribution in [0.1, 0.15) is 26.2 Å². The van der Waals surface area contributed by atoms with Crippen LogP contribution < -0.4 is 0 Å². The van der Waals surface area contributed by atoms with Crippen LogP contribution in [0.15, 0.2) is 38.0 Å². The second-order valence-electron chi connectivity index (χ2n) is 4.31. The second kappa shape index (κ2) is 9.39. The van der Waals surface area contributed by atoms with Crippen LogP contribution in [0.25, 0.3) is 0 Å². The van der Waals surface area contributed by atoms with Gasteiger partial charge in [-0.15, -0.1) is 19.7 Å². The molecule has 2 nitrogen and oxygen atoms in total. The van der Waals surface area contributed by atoms with Gasteiger partial charge in [0.05, 0.1) is 0 Å². The molecular formula is C14H26O2Si. The third-order valence-electron chi connectivity index (χ3n) is 2.76. The van der Waals surface area contributed by atoms with Gasteiger partial charge in [-0.2, -0.15) is 0 Å². The maximum absolute atomic E-state index is 5.88. The van der Waals surface area contributed by atoms with Gasteiger partial charge in [-0.3, -0.25) is 0 Å². The van der Waals surface area contributed by atoms with Crippen LogP contribution in [-0.2, 0) is 8.85 Å². The van der Waals surface area contributed by atoms with Gasteiger partial charge in [0, 0.05) is 18.6 Å². The number of hydrogen-bond acceptors (Lipinski definition) is 2. The number of rotatable bonds is 11. The van der Waals surface area contributed by atoms with Gasteiger partial charge >= 0.3 is 9.28 Å². The number of hydrogen-bond donors (Lipinski definition) is 0. The number of allylic oxidation sites excluding steroid dienone is 3. The van der Waals surface area contributed by atoms with Crippen molar-refractivity contribution >= 4 is 9.28 Å². The summed E-state index contributed by atoms with van der Waals surface area (Å²) in [7, 11) is -1.48. The van der Waals surface area contributed by atoms with E-state index in [4.69, 9.17) is 8.85 Å². The van der Waals surface area contributed by atoms with Crippen molar-refractivity contribution in [1.29, 1.82) is 0 Å². The fourth-order valence-corrected chi connectivity index (χ4v) is 3.08. The van der Waals surface area contributed by atoms with Crippen LogP contribution in [0.4, 0.5) is 0 Å². The van der Waals surface area contributed by atoms with E-state index in [0.29, 0.717) is 6.61 Å². The third-order valence-corrected chi connectivity index (χ3v) is 4.20. The summed E-state index contributed by atoms with van der Waals surface area (Å²) in [5, 5.41) is 0. The van der Waals surface area contributed by atoms with Gasteiger partial charge in [0.25, 0.3) is 0 Å². The van der Waals surface area contributed by atoms with Crippen LogP contribution in [0.2, 0.25) is 6.55 Å². The molecule has 0 saturated heterocycles. The first-order valence-electron chi connectivity index (χ1n) is 6.20. The lowest BCUT2D eigenvalue weighted by molar-refractivity contribution is 0.116. The van der Waals surface area contributed by atoms with Crippen LogP contribution in [-0.4, -0.2) is 22.5 Å². The molecule has 0 N–H and O–H groups in total. The van der Waals surface area contributed by atoms with Gasteiger partial charge in [-0.25, -0.2) is 0 Å². The summed E-state index contributed by atoms with van der Waals surface area (Å²) < 4.78 is 11.4. The third kappa shape index (κ3) is 6.61. The zero-order chi connectivity index (χ0) is 13.1. The molecule has 0 aliphatic rings. The van der Waals surface area contributed by atoms with Gasteiger partial charge in [0.2, 0.25) is 0 Å². The Morgan fingerprint density at radius 2 is 1.47 bits per heavy atom. The quantitative estimate of drug-likeness (QED) is 0.414. The lowest BCUT2D eigenvalue weighted by Gasteiger charge is -2.32. The molecule has 17 heavy (non-hydrogen) atoms. The highest BCUT2D eigenvalue weighted by atomic mass is 28.3. The largest absolute Gasteiger partial charge is 0.397 e. The van der Waals surface area contributed by atoms with Crippen LogP contribution in [0.5, 0.6) is 0 Å². The van der Waals surface area contributed by atoms with Crippen LogP contribution >= 0.6 is 0 Å². The van der Waals surface area contributed by atoms with Crippen molar-refractivity contribution in [2.75, 3.05) is 13.2 Å². The molecule has 0 saturated carbocycles. The Morgan fingerprint density at radius 3 is 1.82 bits per heavy atom. The van der Waals surface area contributed by atoms with Crippen LogP contribution in [0.3, 0.4) is 0 Å². The first kappa shape index (κ1) is 16.4. The van der Waals surface area contributed by atoms with Crippen molar-refractivity contribution in [3.05, 3.63) is 38.0 Å². The van der Waals surface area contributed by atoms with E-state index in [0.717, 1.165) is 25.9 Å². The van der Waals surface area contributed by atoms with Gasteiger partial charge in [0.1, 0.15) is 0 Å². The molecule has 0 spiro atoms. The molecule has 1 unspecified atom stereocenters. The molecule has 1 atom stereocenters. The fraction of sp³-hybridized carbons (Fsp3) is 0.571. The predicted octanol–water partition coefficient (Wildman–Crippen LogP) is 3.60. The summed E-state index contributed by atoms with van der Waals surface area (Å²) in [6.45, 7) is 17.0. The molecule has 3 heteroatoms. The molecule has 0 radical (unpaired) electrons. The van der Waals surface area contributed by atoms with E-state index in [1.54, 1.807) is 0 Å². The summed E-state index contributed by atoms with van der Waals surface area (Å²) in [5.41, 5.74) is 0.0591. The Kier molecular flexibility index (Phi) is 9.04. The Balaban J connectivity index is 4.47. The Morgan fingerprint density at radius 1 is 1.00 bits per heavy atom. The molecule has 0 bridgehead atoms. The van der Waals surface area contributed by atoms with E-state index in [1.807, 2.05) is 25.2 Å². The van der Waals surface area contributed by atoms with E-state index in [9.17, 15) is 0 Å². The zero-order valence-electron chi connectivity index (χ0n) is 11.3. The molecular weight excluding hydrogens is 228 g/mol. The monoisotopic (exact) mass is 254 g/mol. The van der Waals surface area contributed by atoms with E-state index >= 15 is 0 Å². The lowest BCUT2D eigenvalue weighted by atomic mass is 9.79. The van der Waals surface area contributed by atoms with Gasteiger partial charge in [-0.1, -0.05) is 18.2 Å². The molecule has 98 valence electrons. The highest BCUT2D eigenvalue weighted by molar-refractivity contribution is 6.42. The predicted molar refractivity (Wildman–Crippen MR) is 77.5 cm³/mol.